The van der Waals surface area contributed by atoms with E-state index in [4.69, 9.17) is 0 Å². The minimum absolute atomic E-state index is 0.0957. The molecule has 0 saturated heterocycles. The first-order chi connectivity index (χ1) is 11.2. The number of nitrogens with zero attached hydrogens (tertiary/aromatic N) is 3. The molecule has 6 nitrogen and oxygen atoms in total. The Morgan fingerprint density at radius 3 is 2.79 bits per heavy atom. The molecule has 0 aromatic carbocycles. The first kappa shape index (κ1) is 16.8. The van der Waals surface area contributed by atoms with E-state index in [0.717, 1.165) is 5.69 Å². The summed E-state index contributed by atoms with van der Waals surface area (Å²) in [4.78, 5) is 25.4. The Morgan fingerprint density at radius 2 is 2.17 bits per heavy atom. The molecule has 1 aromatic heterocycles. The maximum absolute atomic E-state index is 12.7. The molecule has 0 radical (unpaired) electrons. The monoisotopic (exact) mass is 344 g/mol. The number of carbonyl (C=O) groups is 1. The van der Waals surface area contributed by atoms with Gasteiger partial charge in [-0.1, -0.05) is 0 Å². The van der Waals surface area contributed by atoms with E-state index in [9.17, 15) is 22.8 Å². The number of alkyl halides is 3. The number of aromatic nitrogens is 2. The van der Waals surface area contributed by atoms with E-state index in [2.05, 4.69) is 10.4 Å². The number of urea groups is 1. The van der Waals surface area contributed by atoms with E-state index >= 15 is 0 Å². The molecule has 1 fully saturated rings. The highest BCUT2D eigenvalue weighted by Gasteiger charge is 2.41. The van der Waals surface area contributed by atoms with Crippen LogP contribution in [0.4, 0.5) is 18.0 Å². The normalized spacial score (nSPS) is 18.9. The molecule has 1 aromatic rings. The molecule has 2 amide bonds. The molecule has 1 aliphatic carbocycles. The zero-order valence-electron chi connectivity index (χ0n) is 13.3. The minimum Gasteiger partial charge on any atom is -0.335 e. The Bertz CT molecular complexity index is 697. The fourth-order valence-corrected chi connectivity index (χ4v) is 3.00. The molecule has 132 valence electrons. The number of hydrogen-bond acceptors (Lipinski definition) is 3. The van der Waals surface area contributed by atoms with Crippen molar-refractivity contribution in [3.05, 3.63) is 27.7 Å². The second kappa shape index (κ2) is 6.10. The SMILES string of the molecule is Cn1nc2c(cc1=O)CN(C(=O)NC(CC(F)(F)F)C1CC1)CC2. The third-order valence-corrected chi connectivity index (χ3v) is 4.48. The third-order valence-electron chi connectivity index (χ3n) is 4.48. The first-order valence-corrected chi connectivity index (χ1v) is 7.91. The third kappa shape index (κ3) is 3.88. The molecule has 1 unspecified atom stereocenters. The van der Waals surface area contributed by atoms with Crippen molar-refractivity contribution in [1.82, 2.24) is 20.0 Å². The largest absolute Gasteiger partial charge is 0.391 e. The predicted molar refractivity (Wildman–Crippen MR) is 79.3 cm³/mol. The van der Waals surface area contributed by atoms with Crippen molar-refractivity contribution in [2.75, 3.05) is 6.54 Å². The quantitative estimate of drug-likeness (QED) is 0.905. The molecule has 9 heteroatoms. The molecule has 24 heavy (non-hydrogen) atoms. The highest BCUT2D eigenvalue weighted by Crippen LogP contribution is 2.37. The van der Waals surface area contributed by atoms with E-state index in [-0.39, 0.29) is 18.0 Å². The van der Waals surface area contributed by atoms with Crippen LogP contribution in [0.25, 0.3) is 0 Å². The van der Waals surface area contributed by atoms with Crippen LogP contribution < -0.4 is 10.9 Å². The van der Waals surface area contributed by atoms with E-state index < -0.39 is 24.7 Å². The topological polar surface area (TPSA) is 67.2 Å². The van der Waals surface area contributed by atoms with E-state index in [0.29, 0.717) is 31.4 Å². The summed E-state index contributed by atoms with van der Waals surface area (Å²) in [5, 5.41) is 6.68. The Kier molecular flexibility index (Phi) is 4.27. The van der Waals surface area contributed by atoms with E-state index in [1.807, 2.05) is 0 Å². The Labute approximate surface area is 136 Å². The van der Waals surface area contributed by atoms with Gasteiger partial charge >= 0.3 is 12.2 Å². The number of carbonyl (C=O) groups excluding carboxylic acids is 1. The van der Waals surface area contributed by atoms with Crippen LogP contribution in [-0.4, -0.2) is 39.5 Å². The van der Waals surface area contributed by atoms with Gasteiger partial charge in [-0.3, -0.25) is 4.79 Å². The summed E-state index contributed by atoms with van der Waals surface area (Å²) < 4.78 is 39.2. The smallest absolute Gasteiger partial charge is 0.335 e. The van der Waals surface area contributed by atoms with Crippen LogP contribution in [0.15, 0.2) is 10.9 Å². The van der Waals surface area contributed by atoms with Crippen LogP contribution in [0.5, 0.6) is 0 Å². The number of amides is 2. The van der Waals surface area contributed by atoms with Crippen molar-refractivity contribution in [1.29, 1.82) is 0 Å². The van der Waals surface area contributed by atoms with Crippen LogP contribution in [0.2, 0.25) is 0 Å². The lowest BCUT2D eigenvalue weighted by Crippen LogP contribution is -2.49. The van der Waals surface area contributed by atoms with Crippen molar-refractivity contribution < 1.29 is 18.0 Å². The maximum Gasteiger partial charge on any atom is 0.391 e. The highest BCUT2D eigenvalue weighted by atomic mass is 19.4. The van der Waals surface area contributed by atoms with Crippen LogP contribution in [0.1, 0.15) is 30.5 Å². The second-order valence-corrected chi connectivity index (χ2v) is 6.46. The molecule has 2 aliphatic rings. The molecule has 0 bridgehead atoms. The van der Waals surface area contributed by atoms with Gasteiger partial charge in [-0.2, -0.15) is 18.3 Å². The molecule has 0 spiro atoms. The standard InChI is InChI=1S/C15H19F3N4O2/c1-21-13(23)6-10-8-22(5-4-11(10)20-21)14(24)19-12(9-2-3-9)7-15(16,17)18/h6,9,12H,2-5,7-8H2,1H3,(H,19,24). The zero-order chi connectivity index (χ0) is 17.5. The van der Waals surface area contributed by atoms with Crippen molar-refractivity contribution in [3.63, 3.8) is 0 Å². The van der Waals surface area contributed by atoms with Crippen molar-refractivity contribution in [2.24, 2.45) is 13.0 Å². The van der Waals surface area contributed by atoms with Crippen molar-refractivity contribution >= 4 is 6.03 Å². The van der Waals surface area contributed by atoms with Crippen molar-refractivity contribution in [2.45, 2.75) is 44.4 Å². The molecular formula is C15H19F3N4O2. The number of hydrogen-bond donors (Lipinski definition) is 1. The summed E-state index contributed by atoms with van der Waals surface area (Å²) >= 11 is 0. The van der Waals surface area contributed by atoms with Gasteiger partial charge < -0.3 is 10.2 Å². The summed E-state index contributed by atoms with van der Waals surface area (Å²) in [5.74, 6) is -0.0957. The van der Waals surface area contributed by atoms with Crippen molar-refractivity contribution in [3.8, 4) is 0 Å². The molecule has 1 aliphatic heterocycles. The van der Waals surface area contributed by atoms with Gasteiger partial charge in [0.05, 0.1) is 12.1 Å². The molecule has 1 atom stereocenters. The number of halogens is 3. The predicted octanol–water partition coefficient (Wildman–Crippen LogP) is 1.58. The number of aryl methyl sites for hydroxylation is 1. The molecule has 1 N–H and O–H groups in total. The van der Waals surface area contributed by atoms with Gasteiger partial charge in [0.2, 0.25) is 0 Å². The summed E-state index contributed by atoms with van der Waals surface area (Å²) in [6, 6.07) is 0.0405. The summed E-state index contributed by atoms with van der Waals surface area (Å²) in [6.07, 6.45) is -3.40. The zero-order valence-corrected chi connectivity index (χ0v) is 13.3. The Hall–Kier alpha value is -2.06. The summed E-state index contributed by atoms with van der Waals surface area (Å²) in [6.45, 7) is 0.557. The Balaban J connectivity index is 1.67. The van der Waals surface area contributed by atoms with Crippen LogP contribution in [-0.2, 0) is 20.0 Å². The van der Waals surface area contributed by atoms with E-state index in [1.54, 1.807) is 7.05 Å². The fourth-order valence-electron chi connectivity index (χ4n) is 3.00. The lowest BCUT2D eigenvalue weighted by atomic mass is 10.1. The lowest BCUT2D eigenvalue weighted by Gasteiger charge is -2.30. The molecular weight excluding hydrogens is 325 g/mol. The fraction of sp³-hybridized carbons (Fsp3) is 0.667. The van der Waals surface area contributed by atoms with Gasteiger partial charge in [-0.05, 0) is 18.8 Å². The average molecular weight is 344 g/mol. The summed E-state index contributed by atoms with van der Waals surface area (Å²) in [5.41, 5.74) is 1.12. The van der Waals surface area contributed by atoms with Gasteiger partial charge in [0.1, 0.15) is 0 Å². The first-order valence-electron chi connectivity index (χ1n) is 7.91. The van der Waals surface area contributed by atoms with Gasteiger partial charge in [0.25, 0.3) is 5.56 Å². The lowest BCUT2D eigenvalue weighted by molar-refractivity contribution is -0.140. The maximum atomic E-state index is 12.7. The van der Waals surface area contributed by atoms with Gasteiger partial charge in [-0.15, -0.1) is 0 Å². The van der Waals surface area contributed by atoms with Gasteiger partial charge in [0.15, 0.2) is 0 Å². The minimum atomic E-state index is -4.30. The second-order valence-electron chi connectivity index (χ2n) is 6.46. The van der Waals surface area contributed by atoms with Gasteiger partial charge in [0, 0.05) is 44.2 Å². The van der Waals surface area contributed by atoms with E-state index in [1.165, 1.54) is 15.6 Å². The number of rotatable bonds is 3. The number of nitrogens with one attached hydrogen (secondary N) is 1. The number of fused-ring (bicyclic) bond motifs is 1. The highest BCUT2D eigenvalue weighted by molar-refractivity contribution is 5.75. The van der Waals surface area contributed by atoms with Gasteiger partial charge in [-0.25, -0.2) is 9.48 Å². The van der Waals surface area contributed by atoms with Crippen LogP contribution >= 0.6 is 0 Å². The average Bonchev–Trinajstić information content (AvgIpc) is 3.30. The summed E-state index contributed by atoms with van der Waals surface area (Å²) in [7, 11) is 1.55. The van der Waals surface area contributed by atoms with Crippen LogP contribution in [0, 0.1) is 5.92 Å². The van der Waals surface area contributed by atoms with Crippen LogP contribution in [0.3, 0.4) is 0 Å². The molecule has 3 rings (SSSR count). The Morgan fingerprint density at radius 1 is 1.46 bits per heavy atom. The molecule has 1 saturated carbocycles. The molecule has 2 heterocycles.